The first-order valence-electron chi connectivity index (χ1n) is 12.4. The third-order valence-electron chi connectivity index (χ3n) is 6.97. The summed E-state index contributed by atoms with van der Waals surface area (Å²) >= 11 is 1.44. The van der Waals surface area contributed by atoms with E-state index in [1.165, 1.54) is 22.5 Å². The van der Waals surface area contributed by atoms with Gasteiger partial charge in [-0.05, 0) is 67.9 Å². The van der Waals surface area contributed by atoms with Crippen molar-refractivity contribution in [2.75, 3.05) is 6.54 Å². The number of aromatic nitrogens is 1. The lowest BCUT2D eigenvalue weighted by Gasteiger charge is -2.38. The Balaban J connectivity index is 1.24. The van der Waals surface area contributed by atoms with Crippen LogP contribution in [-0.2, 0) is 17.8 Å². The molecule has 3 aliphatic rings. The van der Waals surface area contributed by atoms with Crippen LogP contribution in [0, 0.1) is 12.8 Å². The van der Waals surface area contributed by atoms with E-state index < -0.39 is 0 Å². The van der Waals surface area contributed by atoms with Crippen molar-refractivity contribution in [3.8, 4) is 5.75 Å². The molecule has 2 aliphatic carbocycles. The Labute approximate surface area is 209 Å². The maximum Gasteiger partial charge on any atom is 0.270 e. The fourth-order valence-electron chi connectivity index (χ4n) is 4.80. The summed E-state index contributed by atoms with van der Waals surface area (Å²) in [5, 5.41) is 5.53. The zero-order valence-corrected chi connectivity index (χ0v) is 20.6. The van der Waals surface area contributed by atoms with E-state index >= 15 is 0 Å². The minimum absolute atomic E-state index is 0.104. The summed E-state index contributed by atoms with van der Waals surface area (Å²) in [6.45, 7) is 3.14. The van der Waals surface area contributed by atoms with Crippen molar-refractivity contribution in [3.05, 3.63) is 80.8 Å². The number of aryl methyl sites for hydroxylation is 1. The number of hydrogen-bond acceptors (Lipinski definition) is 5. The van der Waals surface area contributed by atoms with Crippen molar-refractivity contribution in [1.29, 1.82) is 0 Å². The first-order chi connectivity index (χ1) is 17.0. The maximum atomic E-state index is 13.2. The number of rotatable bonds is 7. The average molecular weight is 488 g/mol. The van der Waals surface area contributed by atoms with Crippen LogP contribution >= 0.6 is 11.3 Å². The molecule has 1 aromatic heterocycles. The first kappa shape index (κ1) is 22.3. The molecule has 35 heavy (non-hydrogen) atoms. The normalized spacial score (nSPS) is 19.2. The second kappa shape index (κ2) is 9.11. The predicted molar refractivity (Wildman–Crippen MR) is 135 cm³/mol. The van der Waals surface area contributed by atoms with Crippen molar-refractivity contribution in [2.45, 2.75) is 57.7 Å². The number of nitrogens with one attached hydrogen (secondary N) is 1. The average Bonchev–Trinajstić information content (AvgIpc) is 3.80. The Bertz CT molecular complexity index is 1280. The first-order valence-corrected chi connectivity index (χ1v) is 13.3. The minimum atomic E-state index is -0.106. The molecule has 180 valence electrons. The molecule has 1 N–H and O–H groups in total. The van der Waals surface area contributed by atoms with Gasteiger partial charge in [-0.2, -0.15) is 0 Å². The summed E-state index contributed by atoms with van der Waals surface area (Å²) in [7, 11) is 0. The van der Waals surface area contributed by atoms with Crippen molar-refractivity contribution < 1.29 is 14.3 Å². The van der Waals surface area contributed by atoms with Gasteiger partial charge >= 0.3 is 0 Å². The lowest BCUT2D eigenvalue weighted by molar-refractivity contribution is -0.134. The van der Waals surface area contributed by atoms with Crippen LogP contribution in [0.5, 0.6) is 5.75 Å². The van der Waals surface area contributed by atoms with Crippen LogP contribution in [-0.4, -0.2) is 34.3 Å². The predicted octanol–water partition coefficient (Wildman–Crippen LogP) is 4.81. The zero-order chi connectivity index (χ0) is 23.9. The van der Waals surface area contributed by atoms with Gasteiger partial charge in [0.25, 0.3) is 5.91 Å². The molecule has 6 rings (SSSR count). The van der Waals surface area contributed by atoms with Crippen LogP contribution in [0.4, 0.5) is 0 Å². The molecule has 1 atom stereocenters. The number of thiazole rings is 1. The van der Waals surface area contributed by atoms with E-state index in [-0.39, 0.29) is 23.8 Å². The number of benzene rings is 2. The fraction of sp³-hybridized carbons (Fsp3) is 0.393. The standard InChI is InChI=1S/C28H29N3O3S/c1-17-3-2-4-20(13-17)26-23-14-22(10-7-18(23)11-12-31(26)28(33)19-5-6-19)34-15-25-30-24(16-35-25)27(32)29-21-8-9-21/h2-4,7,10,13-14,16,19,21,26H,5-6,8-9,11-12,15H2,1H3,(H,29,32)/t26-/m1/s1. The van der Waals surface area contributed by atoms with Crippen LogP contribution in [0.2, 0.25) is 0 Å². The molecule has 2 aromatic carbocycles. The zero-order valence-electron chi connectivity index (χ0n) is 19.8. The van der Waals surface area contributed by atoms with Gasteiger partial charge < -0.3 is 15.0 Å². The number of carbonyl (C=O) groups excluding carboxylic acids is 2. The molecule has 3 aromatic rings. The van der Waals surface area contributed by atoms with E-state index in [4.69, 9.17) is 4.74 Å². The Morgan fingerprint density at radius 1 is 1.14 bits per heavy atom. The molecule has 0 unspecified atom stereocenters. The van der Waals surface area contributed by atoms with Crippen LogP contribution in [0.3, 0.4) is 0 Å². The van der Waals surface area contributed by atoms with Crippen LogP contribution in [0.1, 0.15) is 69.5 Å². The molecular formula is C28H29N3O3S. The van der Waals surface area contributed by atoms with Gasteiger partial charge in [-0.25, -0.2) is 4.98 Å². The van der Waals surface area contributed by atoms with Crippen LogP contribution in [0.15, 0.2) is 47.8 Å². The fourth-order valence-corrected chi connectivity index (χ4v) is 5.48. The van der Waals surface area contributed by atoms with Crippen molar-refractivity contribution in [3.63, 3.8) is 0 Å². The van der Waals surface area contributed by atoms with Gasteiger partial charge in [0.1, 0.15) is 23.1 Å². The van der Waals surface area contributed by atoms with E-state index in [9.17, 15) is 9.59 Å². The van der Waals surface area contributed by atoms with E-state index in [0.717, 1.165) is 60.5 Å². The molecular weight excluding hydrogens is 458 g/mol. The third-order valence-corrected chi connectivity index (χ3v) is 7.79. The van der Waals surface area contributed by atoms with Gasteiger partial charge in [-0.1, -0.05) is 35.9 Å². The Morgan fingerprint density at radius 3 is 2.77 bits per heavy atom. The molecule has 6 nitrogen and oxygen atoms in total. The summed E-state index contributed by atoms with van der Waals surface area (Å²) in [6.07, 6.45) is 4.96. The molecule has 2 heterocycles. The van der Waals surface area contributed by atoms with Crippen LogP contribution in [0.25, 0.3) is 0 Å². The highest BCUT2D eigenvalue weighted by Gasteiger charge is 2.39. The minimum Gasteiger partial charge on any atom is -0.486 e. The van der Waals surface area contributed by atoms with Gasteiger partial charge in [-0.3, -0.25) is 9.59 Å². The van der Waals surface area contributed by atoms with Crippen molar-refractivity contribution in [2.24, 2.45) is 5.92 Å². The van der Waals surface area contributed by atoms with Gasteiger partial charge in [0, 0.05) is 23.9 Å². The summed E-state index contributed by atoms with van der Waals surface area (Å²) in [5.74, 6) is 1.10. The Kier molecular flexibility index (Phi) is 5.80. The molecule has 2 saturated carbocycles. The Hall–Kier alpha value is -3.19. The third kappa shape index (κ3) is 4.82. The summed E-state index contributed by atoms with van der Waals surface area (Å²) in [6, 6.07) is 14.9. The number of hydrogen-bond donors (Lipinski definition) is 1. The van der Waals surface area contributed by atoms with E-state index in [1.54, 1.807) is 5.38 Å². The number of carbonyl (C=O) groups is 2. The van der Waals surface area contributed by atoms with E-state index in [0.29, 0.717) is 18.3 Å². The highest BCUT2D eigenvalue weighted by molar-refractivity contribution is 7.09. The number of nitrogens with zero attached hydrogens (tertiary/aromatic N) is 2. The monoisotopic (exact) mass is 487 g/mol. The van der Waals surface area contributed by atoms with Gasteiger partial charge in [0.15, 0.2) is 0 Å². The molecule has 0 bridgehead atoms. The highest BCUT2D eigenvalue weighted by Crippen LogP contribution is 2.41. The Morgan fingerprint density at radius 2 is 2.00 bits per heavy atom. The van der Waals surface area contributed by atoms with Gasteiger partial charge in [0.05, 0.1) is 6.04 Å². The SMILES string of the molecule is Cc1cccc([C@@H]2c3cc(OCc4nc(C(=O)NC5CC5)cs4)ccc3CCN2C(=O)C2CC2)c1. The molecule has 1 aliphatic heterocycles. The quantitative estimate of drug-likeness (QED) is 0.519. The lowest BCUT2D eigenvalue weighted by Crippen LogP contribution is -2.41. The molecule has 2 amide bonds. The molecule has 7 heteroatoms. The summed E-state index contributed by atoms with van der Waals surface area (Å²) in [4.78, 5) is 32.0. The summed E-state index contributed by atoms with van der Waals surface area (Å²) < 4.78 is 6.12. The maximum absolute atomic E-state index is 13.2. The molecule has 0 spiro atoms. The highest BCUT2D eigenvalue weighted by atomic mass is 32.1. The number of ether oxygens (including phenoxy) is 1. The lowest BCUT2D eigenvalue weighted by atomic mass is 9.87. The largest absolute Gasteiger partial charge is 0.486 e. The number of amides is 2. The van der Waals surface area contributed by atoms with Crippen molar-refractivity contribution in [1.82, 2.24) is 15.2 Å². The van der Waals surface area contributed by atoms with Gasteiger partial charge in [-0.15, -0.1) is 11.3 Å². The van der Waals surface area contributed by atoms with E-state index in [2.05, 4.69) is 58.5 Å². The van der Waals surface area contributed by atoms with Crippen LogP contribution < -0.4 is 10.1 Å². The molecule has 0 radical (unpaired) electrons. The topological polar surface area (TPSA) is 71.5 Å². The van der Waals surface area contributed by atoms with E-state index in [1.807, 2.05) is 6.07 Å². The van der Waals surface area contributed by atoms with Crippen molar-refractivity contribution >= 4 is 23.2 Å². The smallest absolute Gasteiger partial charge is 0.270 e. The summed E-state index contributed by atoms with van der Waals surface area (Å²) in [5.41, 5.74) is 5.18. The second-order valence-corrected chi connectivity index (χ2v) is 10.8. The molecule has 0 saturated heterocycles. The second-order valence-electron chi connectivity index (χ2n) is 9.90. The number of fused-ring (bicyclic) bond motifs is 1. The van der Waals surface area contributed by atoms with Gasteiger partial charge in [0.2, 0.25) is 5.91 Å². The molecule has 2 fully saturated rings.